The highest BCUT2D eigenvalue weighted by atomic mass is 16.5. The summed E-state index contributed by atoms with van der Waals surface area (Å²) in [7, 11) is 0. The van der Waals surface area contributed by atoms with Crippen molar-refractivity contribution in [2.24, 2.45) is 0 Å². The molecular weight excluding hydrogens is 508 g/mol. The zero-order valence-electron chi connectivity index (χ0n) is 24.1. The van der Waals surface area contributed by atoms with Crippen LogP contribution in [0.15, 0.2) is 12.1 Å². The van der Waals surface area contributed by atoms with E-state index < -0.39 is 11.9 Å². The average Bonchev–Trinajstić information content (AvgIpc) is 2.98. The second-order valence-electron chi connectivity index (χ2n) is 10.9. The fourth-order valence-electron chi connectivity index (χ4n) is 5.41. The van der Waals surface area contributed by atoms with Gasteiger partial charge in [-0.3, -0.25) is 0 Å². The molecule has 3 rings (SSSR count). The summed E-state index contributed by atoms with van der Waals surface area (Å²) in [5, 5.41) is 19.6. The van der Waals surface area contributed by atoms with Crippen molar-refractivity contribution in [3.63, 3.8) is 0 Å². The van der Waals surface area contributed by atoms with E-state index in [9.17, 15) is 20.1 Å². The Labute approximate surface area is 238 Å². The fourth-order valence-corrected chi connectivity index (χ4v) is 5.41. The molecule has 0 atom stereocenters. The normalized spacial score (nSPS) is 22.6. The molecule has 1 aromatic rings. The molecule has 0 spiro atoms. The fraction of sp³-hybridized carbons (Fsp3) is 0.688. The first-order valence-electron chi connectivity index (χ1n) is 15.1. The Kier molecular flexibility index (Phi) is 13.4. The Balaban J connectivity index is 1.54. The van der Waals surface area contributed by atoms with E-state index in [0.29, 0.717) is 25.7 Å². The Morgan fingerprint density at radius 3 is 1.45 bits per heavy atom. The van der Waals surface area contributed by atoms with E-state index in [2.05, 4.69) is 13.8 Å². The van der Waals surface area contributed by atoms with Crippen molar-refractivity contribution in [2.45, 2.75) is 128 Å². The maximum atomic E-state index is 13.0. The second-order valence-corrected chi connectivity index (χ2v) is 10.9. The topological polar surface area (TPSA) is 119 Å². The van der Waals surface area contributed by atoms with Gasteiger partial charge >= 0.3 is 11.9 Å². The summed E-state index contributed by atoms with van der Waals surface area (Å²) in [5.74, 6) is -1.31. The summed E-state index contributed by atoms with van der Waals surface area (Å²) in [5.41, 5.74) is -0.319. The van der Waals surface area contributed by atoms with E-state index >= 15 is 0 Å². The summed E-state index contributed by atoms with van der Waals surface area (Å²) >= 11 is 0. The van der Waals surface area contributed by atoms with Crippen LogP contribution in [0.3, 0.4) is 0 Å². The lowest BCUT2D eigenvalue weighted by Gasteiger charge is -2.29. The Morgan fingerprint density at radius 2 is 1.05 bits per heavy atom. The maximum Gasteiger partial charge on any atom is 0.339 e. The number of ether oxygens (including phenoxy) is 4. The lowest BCUT2D eigenvalue weighted by atomic mass is 9.94. The van der Waals surface area contributed by atoms with Gasteiger partial charge in [0.15, 0.2) is 0 Å². The van der Waals surface area contributed by atoms with Crippen LogP contribution in [0.1, 0.15) is 136 Å². The van der Waals surface area contributed by atoms with E-state index in [1.807, 2.05) is 12.1 Å². The predicted molar refractivity (Wildman–Crippen MR) is 150 cm³/mol. The van der Waals surface area contributed by atoms with Crippen LogP contribution < -0.4 is 0 Å². The number of hydrogen-bond donors (Lipinski definition) is 0. The molecule has 0 saturated heterocycles. The molecule has 0 bridgehead atoms. The minimum Gasteiger partial charge on any atom is -0.459 e. The first kappa shape index (κ1) is 31.6. The quantitative estimate of drug-likeness (QED) is 0.183. The largest absolute Gasteiger partial charge is 0.459 e. The third kappa shape index (κ3) is 9.32. The van der Waals surface area contributed by atoms with Crippen LogP contribution in [0.2, 0.25) is 0 Å². The number of carbonyl (C=O) groups is 2. The van der Waals surface area contributed by atoms with Gasteiger partial charge in [0.05, 0.1) is 34.5 Å². The molecule has 0 N–H and O–H groups in total. The van der Waals surface area contributed by atoms with Crippen LogP contribution in [-0.2, 0) is 18.9 Å². The van der Waals surface area contributed by atoms with Crippen LogP contribution >= 0.6 is 0 Å². The standard InChI is InChI=1S/C32H44N2O6/c1-3-5-7-8-20-38-24-11-15-26(16-12-24)40-32(36)28-18-17-27(29(21-33)30(28)22-34)31(35)39-25-13-9-23(10-14-25)37-19-6-4-2/h17-18,23-26H,3-16,19-20H2,1-2H3. The Morgan fingerprint density at radius 1 is 0.650 bits per heavy atom. The van der Waals surface area contributed by atoms with Crippen molar-refractivity contribution in [3.8, 4) is 12.1 Å². The summed E-state index contributed by atoms with van der Waals surface area (Å²) in [4.78, 5) is 26.0. The van der Waals surface area contributed by atoms with E-state index in [1.54, 1.807) is 0 Å². The molecule has 0 aliphatic heterocycles. The SMILES string of the molecule is CCCCCCOC1CCC(OC(=O)c2ccc(C(=O)OC3CCC(OCCCC)CC3)c(C#N)c2C#N)CC1. The summed E-state index contributed by atoms with van der Waals surface area (Å²) < 4.78 is 23.3. The molecule has 218 valence electrons. The number of rotatable bonds is 14. The number of benzene rings is 1. The van der Waals surface area contributed by atoms with Gasteiger partial charge in [-0.2, -0.15) is 10.5 Å². The van der Waals surface area contributed by atoms with Gasteiger partial charge in [0.2, 0.25) is 0 Å². The van der Waals surface area contributed by atoms with Gasteiger partial charge < -0.3 is 18.9 Å². The average molecular weight is 553 g/mol. The van der Waals surface area contributed by atoms with Crippen molar-refractivity contribution >= 4 is 11.9 Å². The minimum absolute atomic E-state index is 0.00497. The zero-order chi connectivity index (χ0) is 28.7. The van der Waals surface area contributed by atoms with Crippen molar-refractivity contribution in [3.05, 3.63) is 34.4 Å². The van der Waals surface area contributed by atoms with Crippen LogP contribution in [0, 0.1) is 22.7 Å². The molecule has 2 saturated carbocycles. The molecule has 0 heterocycles. The van der Waals surface area contributed by atoms with Gasteiger partial charge in [-0.1, -0.05) is 39.5 Å². The number of hydrogen-bond acceptors (Lipinski definition) is 8. The highest BCUT2D eigenvalue weighted by Crippen LogP contribution is 2.28. The highest BCUT2D eigenvalue weighted by molar-refractivity contribution is 5.98. The smallest absolute Gasteiger partial charge is 0.339 e. The Bertz CT molecular complexity index is 1040. The number of nitrogens with zero attached hydrogens (tertiary/aromatic N) is 2. The third-order valence-electron chi connectivity index (χ3n) is 7.86. The van der Waals surface area contributed by atoms with Crippen LogP contribution in [0.5, 0.6) is 0 Å². The molecule has 0 amide bonds. The monoisotopic (exact) mass is 552 g/mol. The summed E-state index contributed by atoms with van der Waals surface area (Å²) in [6, 6.07) is 6.66. The molecule has 2 aliphatic rings. The molecule has 2 aliphatic carbocycles. The van der Waals surface area contributed by atoms with Crippen molar-refractivity contribution in [2.75, 3.05) is 13.2 Å². The third-order valence-corrected chi connectivity index (χ3v) is 7.86. The maximum absolute atomic E-state index is 13.0. The van der Waals surface area contributed by atoms with Gasteiger partial charge in [-0.05, 0) is 76.3 Å². The van der Waals surface area contributed by atoms with Gasteiger partial charge in [0, 0.05) is 13.2 Å². The first-order chi connectivity index (χ1) is 19.5. The number of nitriles is 2. The second kappa shape index (κ2) is 17.0. The molecular formula is C32H44N2O6. The van der Waals surface area contributed by atoms with E-state index in [0.717, 1.165) is 58.2 Å². The van der Waals surface area contributed by atoms with Gasteiger partial charge in [-0.25, -0.2) is 9.59 Å². The highest BCUT2D eigenvalue weighted by Gasteiger charge is 2.30. The molecule has 8 heteroatoms. The van der Waals surface area contributed by atoms with Gasteiger partial charge in [-0.15, -0.1) is 0 Å². The van der Waals surface area contributed by atoms with Gasteiger partial charge in [0.1, 0.15) is 24.3 Å². The van der Waals surface area contributed by atoms with Crippen molar-refractivity contribution in [1.82, 2.24) is 0 Å². The number of esters is 2. The lowest BCUT2D eigenvalue weighted by Crippen LogP contribution is -2.29. The molecule has 0 aromatic heterocycles. The summed E-state index contributed by atoms with van der Waals surface area (Å²) in [6.45, 7) is 5.82. The molecule has 0 unspecified atom stereocenters. The lowest BCUT2D eigenvalue weighted by molar-refractivity contribution is -0.0207. The number of carbonyl (C=O) groups excluding carboxylic acids is 2. The zero-order valence-corrected chi connectivity index (χ0v) is 24.1. The Hall–Kier alpha value is -2.94. The van der Waals surface area contributed by atoms with Crippen molar-refractivity contribution in [1.29, 1.82) is 10.5 Å². The van der Waals surface area contributed by atoms with E-state index in [1.165, 1.54) is 31.4 Å². The van der Waals surface area contributed by atoms with Gasteiger partial charge in [0.25, 0.3) is 0 Å². The summed E-state index contributed by atoms with van der Waals surface area (Å²) in [6.07, 6.45) is 12.6. The van der Waals surface area contributed by atoms with Crippen LogP contribution in [0.25, 0.3) is 0 Å². The molecule has 0 radical (unpaired) electrons. The molecule has 1 aromatic carbocycles. The van der Waals surface area contributed by atoms with Crippen LogP contribution in [0.4, 0.5) is 0 Å². The molecule has 40 heavy (non-hydrogen) atoms. The first-order valence-corrected chi connectivity index (χ1v) is 15.1. The van der Waals surface area contributed by atoms with E-state index in [-0.39, 0.29) is 46.7 Å². The van der Waals surface area contributed by atoms with Crippen LogP contribution in [-0.4, -0.2) is 49.6 Å². The minimum atomic E-state index is -0.656. The molecule has 2 fully saturated rings. The molecule has 8 nitrogen and oxygen atoms in total. The van der Waals surface area contributed by atoms with Crippen molar-refractivity contribution < 1.29 is 28.5 Å². The predicted octanol–water partition coefficient (Wildman–Crippen LogP) is 6.78. The van der Waals surface area contributed by atoms with E-state index in [4.69, 9.17) is 18.9 Å². The number of unbranched alkanes of at least 4 members (excludes halogenated alkanes) is 4.